The quantitative estimate of drug-likeness (QED) is 0.650. The number of nitrogens with zero attached hydrogens (tertiary/aromatic N) is 1. The highest BCUT2D eigenvalue weighted by molar-refractivity contribution is 6.42. The number of carbonyl (C=O) groups is 1. The lowest BCUT2D eigenvalue weighted by Gasteiger charge is -2.34. The molecule has 0 aromatic carbocycles. The fourth-order valence-electron chi connectivity index (χ4n) is 1.33. The third-order valence-electron chi connectivity index (χ3n) is 2.02. The van der Waals surface area contributed by atoms with Gasteiger partial charge in [0, 0.05) is 12.6 Å². The van der Waals surface area contributed by atoms with Gasteiger partial charge in [-0.1, -0.05) is 11.6 Å². The number of ether oxygens (including phenoxy) is 1. The first kappa shape index (κ1) is 9.36. The predicted octanol–water partition coefficient (Wildman–Crippen LogP) is 0.0344. The molecule has 2 heterocycles. The predicted molar refractivity (Wildman–Crippen MR) is 48.6 cm³/mol. The first-order valence-corrected chi connectivity index (χ1v) is 4.50. The topological polar surface area (TPSA) is 61.8 Å². The molecule has 0 aliphatic carbocycles. The van der Waals surface area contributed by atoms with Gasteiger partial charge in [0.05, 0.1) is 6.26 Å². The van der Waals surface area contributed by atoms with E-state index < -0.39 is 12.3 Å². The van der Waals surface area contributed by atoms with Crippen molar-refractivity contribution in [1.82, 2.24) is 10.2 Å². The van der Waals surface area contributed by atoms with Gasteiger partial charge < -0.3 is 15.2 Å². The maximum Gasteiger partial charge on any atom is 0.267 e. The van der Waals surface area contributed by atoms with Crippen LogP contribution in [-0.2, 0) is 9.53 Å². The Kier molecular flexibility index (Phi) is 2.35. The zero-order valence-corrected chi connectivity index (χ0v) is 7.94. The summed E-state index contributed by atoms with van der Waals surface area (Å²) < 4.78 is 5.18. The molecule has 14 heavy (non-hydrogen) atoms. The van der Waals surface area contributed by atoms with Gasteiger partial charge in [0.25, 0.3) is 5.91 Å². The van der Waals surface area contributed by atoms with Gasteiger partial charge in [0.2, 0.25) is 6.35 Å². The molecule has 0 fully saturated rings. The van der Waals surface area contributed by atoms with Crippen molar-refractivity contribution in [2.24, 2.45) is 0 Å². The van der Waals surface area contributed by atoms with E-state index in [0.29, 0.717) is 6.42 Å². The monoisotopic (exact) mass is 216 g/mol. The van der Waals surface area contributed by atoms with E-state index in [0.717, 1.165) is 0 Å². The average molecular weight is 217 g/mol. The number of nitrogens with one attached hydrogen (secondary N) is 1. The Morgan fingerprint density at radius 1 is 1.71 bits per heavy atom. The molecule has 2 atom stereocenters. The Hall–Kier alpha value is -1.20. The summed E-state index contributed by atoms with van der Waals surface area (Å²) in [7, 11) is 0. The molecule has 0 aromatic heterocycles. The van der Waals surface area contributed by atoms with Gasteiger partial charge >= 0.3 is 0 Å². The number of aliphatic hydroxyl groups is 1. The first-order valence-electron chi connectivity index (χ1n) is 4.12. The van der Waals surface area contributed by atoms with Crippen LogP contribution in [0.4, 0.5) is 0 Å². The number of hydrogen-bond acceptors (Lipinski definition) is 4. The van der Waals surface area contributed by atoms with Gasteiger partial charge in [-0.05, 0) is 6.08 Å². The minimum Gasteiger partial charge on any atom is -0.478 e. The van der Waals surface area contributed by atoms with Crippen molar-refractivity contribution >= 4 is 17.5 Å². The van der Waals surface area contributed by atoms with Gasteiger partial charge in [0.15, 0.2) is 6.23 Å². The summed E-state index contributed by atoms with van der Waals surface area (Å²) in [6, 6.07) is 0. The Morgan fingerprint density at radius 2 is 2.50 bits per heavy atom. The molecule has 0 radical (unpaired) electrons. The van der Waals surface area contributed by atoms with Gasteiger partial charge in [-0.15, -0.1) is 0 Å². The summed E-state index contributed by atoms with van der Waals surface area (Å²) in [6.07, 6.45) is 4.01. The molecule has 0 bridgehead atoms. The van der Waals surface area contributed by atoms with Crippen molar-refractivity contribution < 1.29 is 14.6 Å². The largest absolute Gasteiger partial charge is 0.478 e. The number of hydrogen-bond donors (Lipinski definition) is 2. The fourth-order valence-corrected chi connectivity index (χ4v) is 1.49. The molecule has 6 heteroatoms. The normalized spacial score (nSPS) is 31.1. The summed E-state index contributed by atoms with van der Waals surface area (Å²) in [6.45, 7) is 0. The third-order valence-corrected chi connectivity index (χ3v) is 2.29. The Bertz CT molecular complexity index is 308. The van der Waals surface area contributed by atoms with E-state index in [-0.39, 0.29) is 11.3 Å². The molecule has 2 aliphatic heterocycles. The van der Waals surface area contributed by atoms with Crippen LogP contribution in [0.1, 0.15) is 6.42 Å². The van der Waals surface area contributed by atoms with Gasteiger partial charge in [-0.25, -0.2) is 0 Å². The summed E-state index contributed by atoms with van der Waals surface area (Å²) in [5, 5.41) is 11.8. The minimum atomic E-state index is -1.09. The van der Waals surface area contributed by atoms with Crippen molar-refractivity contribution in [3.8, 4) is 0 Å². The van der Waals surface area contributed by atoms with Crippen LogP contribution in [-0.4, -0.2) is 28.5 Å². The highest BCUT2D eigenvalue weighted by Gasteiger charge is 2.30. The van der Waals surface area contributed by atoms with Crippen molar-refractivity contribution in [3.63, 3.8) is 0 Å². The summed E-state index contributed by atoms with van der Waals surface area (Å²) in [5.74, 6) is -0.485. The van der Waals surface area contributed by atoms with Crippen LogP contribution in [0.5, 0.6) is 0 Å². The Balaban J connectivity index is 2.14. The first-order chi connectivity index (χ1) is 6.68. The van der Waals surface area contributed by atoms with E-state index in [9.17, 15) is 9.90 Å². The standard InChI is InChI=1S/C8H9ClN2O3/c9-5-4-11(6-2-1-3-14-6)8(13)10-7(5)12/h1,3-4,6,8,13H,2H2,(H,10,12)/t6-,8?/m1/s1. The maximum absolute atomic E-state index is 11.0. The minimum absolute atomic E-state index is 0.0331. The lowest BCUT2D eigenvalue weighted by atomic mass is 10.3. The van der Waals surface area contributed by atoms with E-state index in [2.05, 4.69) is 5.32 Å². The van der Waals surface area contributed by atoms with Crippen LogP contribution in [0, 0.1) is 0 Å². The van der Waals surface area contributed by atoms with Crippen molar-refractivity contribution in [2.75, 3.05) is 0 Å². The molecular weight excluding hydrogens is 208 g/mol. The van der Waals surface area contributed by atoms with E-state index in [4.69, 9.17) is 16.3 Å². The molecule has 0 saturated carbocycles. The number of halogens is 1. The number of aliphatic hydroxyl groups excluding tert-OH is 1. The zero-order valence-electron chi connectivity index (χ0n) is 7.18. The smallest absolute Gasteiger partial charge is 0.267 e. The highest BCUT2D eigenvalue weighted by Crippen LogP contribution is 2.20. The molecule has 0 spiro atoms. The van der Waals surface area contributed by atoms with Crippen LogP contribution in [0.2, 0.25) is 0 Å². The molecule has 2 aliphatic rings. The van der Waals surface area contributed by atoms with Crippen LogP contribution in [0.25, 0.3) is 0 Å². The zero-order chi connectivity index (χ0) is 10.1. The van der Waals surface area contributed by atoms with E-state index in [1.54, 1.807) is 6.26 Å². The molecule has 76 valence electrons. The average Bonchev–Trinajstić information content (AvgIpc) is 2.64. The van der Waals surface area contributed by atoms with Crippen LogP contribution < -0.4 is 5.32 Å². The van der Waals surface area contributed by atoms with Gasteiger partial charge in [-0.2, -0.15) is 0 Å². The number of carbonyl (C=O) groups excluding carboxylic acids is 1. The second kappa shape index (κ2) is 3.51. The molecule has 0 saturated heterocycles. The molecule has 2 rings (SSSR count). The maximum atomic E-state index is 11.0. The van der Waals surface area contributed by atoms with Crippen molar-refractivity contribution in [2.45, 2.75) is 19.0 Å². The van der Waals surface area contributed by atoms with Crippen LogP contribution in [0.15, 0.2) is 23.6 Å². The molecule has 2 N–H and O–H groups in total. The van der Waals surface area contributed by atoms with Crippen LogP contribution >= 0.6 is 11.6 Å². The molecule has 1 unspecified atom stereocenters. The third kappa shape index (κ3) is 1.56. The summed E-state index contributed by atoms with van der Waals surface area (Å²) >= 11 is 5.63. The van der Waals surface area contributed by atoms with Crippen molar-refractivity contribution in [3.05, 3.63) is 23.6 Å². The van der Waals surface area contributed by atoms with Crippen LogP contribution in [0.3, 0.4) is 0 Å². The SMILES string of the molecule is O=C1NC(O)N([C@H]2CC=CO2)C=C1Cl. The molecular formula is C8H9ClN2O3. The van der Waals surface area contributed by atoms with Crippen molar-refractivity contribution in [1.29, 1.82) is 0 Å². The number of rotatable bonds is 1. The molecule has 5 nitrogen and oxygen atoms in total. The Labute approximate surface area is 85.6 Å². The van der Waals surface area contributed by atoms with E-state index in [1.165, 1.54) is 11.1 Å². The molecule has 1 amide bonds. The Morgan fingerprint density at radius 3 is 3.14 bits per heavy atom. The van der Waals surface area contributed by atoms with Gasteiger partial charge in [0.1, 0.15) is 5.03 Å². The molecule has 0 aromatic rings. The fraction of sp³-hybridized carbons (Fsp3) is 0.375. The number of amides is 1. The summed E-state index contributed by atoms with van der Waals surface area (Å²) in [4.78, 5) is 12.5. The summed E-state index contributed by atoms with van der Waals surface area (Å²) in [5.41, 5.74) is 0. The van der Waals surface area contributed by atoms with E-state index >= 15 is 0 Å². The second-order valence-electron chi connectivity index (χ2n) is 2.97. The van der Waals surface area contributed by atoms with Gasteiger partial charge in [-0.3, -0.25) is 9.69 Å². The lowest BCUT2D eigenvalue weighted by Crippen LogP contribution is -2.53. The lowest BCUT2D eigenvalue weighted by molar-refractivity contribution is -0.133. The highest BCUT2D eigenvalue weighted by atomic mass is 35.5. The second-order valence-corrected chi connectivity index (χ2v) is 3.38. The van der Waals surface area contributed by atoms with E-state index in [1.807, 2.05) is 6.08 Å².